The second-order valence-corrected chi connectivity index (χ2v) is 7.93. The molecule has 0 atom stereocenters. The van der Waals surface area contributed by atoms with Gasteiger partial charge in [-0.3, -0.25) is 9.78 Å². The number of benzene rings is 2. The predicted molar refractivity (Wildman–Crippen MR) is 121 cm³/mol. The van der Waals surface area contributed by atoms with Gasteiger partial charge in [0.25, 0.3) is 0 Å². The minimum Gasteiger partial charge on any atom is -0.512 e. The Labute approximate surface area is 193 Å². The number of hydrogen-bond donors (Lipinski definition) is 1. The summed E-state index contributed by atoms with van der Waals surface area (Å²) in [4.78, 5) is 14.9. The van der Waals surface area contributed by atoms with Crippen LogP contribution < -0.4 is 0 Å². The molecule has 1 N–H and O–H groups in total. The van der Waals surface area contributed by atoms with Crippen molar-refractivity contribution in [3.05, 3.63) is 77.1 Å². The van der Waals surface area contributed by atoms with Gasteiger partial charge >= 0.3 is 0 Å². The van der Waals surface area contributed by atoms with E-state index in [4.69, 9.17) is 10.1 Å². The molecular formula is C26H30IrNO2-. The Morgan fingerprint density at radius 3 is 2.33 bits per heavy atom. The third-order valence-corrected chi connectivity index (χ3v) is 4.27. The van der Waals surface area contributed by atoms with Gasteiger partial charge in [-0.2, -0.15) is 0 Å². The number of carbonyl (C=O) groups excluding carboxylic acids is 1. The van der Waals surface area contributed by atoms with Gasteiger partial charge in [0, 0.05) is 31.6 Å². The van der Waals surface area contributed by atoms with Crippen molar-refractivity contribution < 1.29 is 30.0 Å². The van der Waals surface area contributed by atoms with Crippen LogP contribution in [-0.2, 0) is 31.3 Å². The average molecular weight is 581 g/mol. The van der Waals surface area contributed by atoms with Crippen molar-refractivity contribution in [2.45, 2.75) is 48.0 Å². The molecule has 1 radical (unpaired) electrons. The van der Waals surface area contributed by atoms with E-state index >= 15 is 0 Å². The van der Waals surface area contributed by atoms with Crippen molar-refractivity contribution in [1.29, 1.82) is 0 Å². The summed E-state index contributed by atoms with van der Waals surface area (Å²) in [6, 6.07) is 18.4. The number of aliphatic hydroxyl groups excluding tert-OH is 1. The van der Waals surface area contributed by atoms with Gasteiger partial charge in [-0.15, -0.1) is 34.9 Å². The smallest absolute Gasteiger partial charge is 0.155 e. The zero-order valence-corrected chi connectivity index (χ0v) is 20.9. The van der Waals surface area contributed by atoms with E-state index in [-0.39, 0.29) is 31.6 Å². The molecule has 30 heavy (non-hydrogen) atoms. The molecule has 0 aliphatic carbocycles. The first-order valence-electron chi connectivity index (χ1n) is 9.93. The summed E-state index contributed by atoms with van der Waals surface area (Å²) in [6.45, 7) is 11.6. The number of hydrogen-bond acceptors (Lipinski definition) is 3. The maximum absolute atomic E-state index is 10.0. The topological polar surface area (TPSA) is 50.2 Å². The standard InChI is InChI=1S/C21H22N.C5H8O2.Ir/c1-14(2)9-17-13-21(18-11-15(3)10-16(4)12-18)22-20-8-6-5-7-19(17)20;1-4(6)3-5(2)7;/h5-8,10-11,13-14H,9H2,1-4H3;3,6H,1-2H3;/q-1;;. The van der Waals surface area contributed by atoms with Crippen LogP contribution in [0.25, 0.3) is 22.2 Å². The number of allylic oxidation sites excluding steroid dienone is 2. The van der Waals surface area contributed by atoms with Crippen LogP contribution >= 0.6 is 0 Å². The zero-order valence-electron chi connectivity index (χ0n) is 18.5. The molecule has 0 aliphatic rings. The van der Waals surface area contributed by atoms with Crippen LogP contribution in [0.1, 0.15) is 44.4 Å². The molecule has 0 bridgehead atoms. The van der Waals surface area contributed by atoms with Crippen LogP contribution in [0.2, 0.25) is 0 Å². The van der Waals surface area contributed by atoms with E-state index in [2.05, 4.69) is 76.2 Å². The van der Waals surface area contributed by atoms with E-state index in [1.165, 1.54) is 36.4 Å². The number of fused-ring (bicyclic) bond motifs is 1. The second-order valence-electron chi connectivity index (χ2n) is 7.93. The quantitative estimate of drug-likeness (QED) is 0.216. The molecular weight excluding hydrogens is 551 g/mol. The van der Waals surface area contributed by atoms with Crippen LogP contribution in [0.4, 0.5) is 0 Å². The summed E-state index contributed by atoms with van der Waals surface area (Å²) in [7, 11) is 0. The first-order valence-corrected chi connectivity index (χ1v) is 9.93. The van der Waals surface area contributed by atoms with Crippen LogP contribution in [0, 0.1) is 25.8 Å². The Balaban J connectivity index is 0.000000489. The fourth-order valence-corrected chi connectivity index (χ4v) is 3.32. The molecule has 0 saturated carbocycles. The Morgan fingerprint density at radius 2 is 1.80 bits per heavy atom. The Bertz CT molecular complexity index is 1010. The SMILES string of the molecule is CC(=O)C=C(C)O.Cc1[c-]c(-c2cc(CC(C)C)c3ccccc3n2)cc(C)c1.[Ir]. The molecule has 4 heteroatoms. The largest absolute Gasteiger partial charge is 0.512 e. The Morgan fingerprint density at radius 1 is 1.13 bits per heavy atom. The van der Waals surface area contributed by atoms with Gasteiger partial charge in [-0.1, -0.05) is 52.0 Å². The fourth-order valence-electron chi connectivity index (χ4n) is 3.32. The van der Waals surface area contributed by atoms with Crippen molar-refractivity contribution in [3.8, 4) is 11.3 Å². The van der Waals surface area contributed by atoms with Gasteiger partial charge in [0.05, 0.1) is 11.3 Å². The van der Waals surface area contributed by atoms with Gasteiger partial charge in [0.2, 0.25) is 0 Å². The average Bonchev–Trinajstić information content (AvgIpc) is 2.59. The maximum atomic E-state index is 10.0. The predicted octanol–water partition coefficient (Wildman–Crippen LogP) is 6.55. The number of pyridine rings is 1. The number of aliphatic hydroxyl groups is 1. The molecule has 1 aromatic heterocycles. The minimum atomic E-state index is -0.125. The number of nitrogens with zero attached hydrogens (tertiary/aromatic N) is 1. The van der Waals surface area contributed by atoms with Crippen molar-refractivity contribution in [2.75, 3.05) is 0 Å². The van der Waals surface area contributed by atoms with E-state index in [0.29, 0.717) is 5.92 Å². The van der Waals surface area contributed by atoms with Gasteiger partial charge in [0.15, 0.2) is 5.78 Å². The summed E-state index contributed by atoms with van der Waals surface area (Å²) in [5, 5.41) is 9.63. The van der Waals surface area contributed by atoms with Gasteiger partial charge in [-0.05, 0) is 43.5 Å². The number of carbonyl (C=O) groups is 1. The molecule has 161 valence electrons. The van der Waals surface area contributed by atoms with Crippen LogP contribution in [0.3, 0.4) is 0 Å². The zero-order chi connectivity index (χ0) is 21.6. The maximum Gasteiger partial charge on any atom is 0.155 e. The summed E-state index contributed by atoms with van der Waals surface area (Å²) >= 11 is 0. The molecule has 0 amide bonds. The van der Waals surface area contributed by atoms with Crippen LogP contribution in [0.5, 0.6) is 0 Å². The molecule has 2 aromatic carbocycles. The van der Waals surface area contributed by atoms with Crippen LogP contribution in [0.15, 0.2) is 54.3 Å². The van der Waals surface area contributed by atoms with Crippen molar-refractivity contribution in [2.24, 2.45) is 5.92 Å². The van der Waals surface area contributed by atoms with E-state index in [0.717, 1.165) is 28.8 Å². The molecule has 1 heterocycles. The molecule has 0 spiro atoms. The second kappa shape index (κ2) is 11.8. The number of ketones is 1. The fraction of sp³-hybridized carbons (Fsp3) is 0.308. The summed E-state index contributed by atoms with van der Waals surface area (Å²) in [6.07, 6.45) is 2.24. The van der Waals surface area contributed by atoms with Gasteiger partial charge in [0.1, 0.15) is 0 Å². The van der Waals surface area contributed by atoms with E-state index in [1.807, 2.05) is 0 Å². The van der Waals surface area contributed by atoms with Gasteiger partial charge < -0.3 is 5.11 Å². The number of aromatic nitrogens is 1. The third kappa shape index (κ3) is 7.85. The summed E-state index contributed by atoms with van der Waals surface area (Å²) in [5.41, 5.74) is 6.99. The van der Waals surface area contributed by atoms with E-state index in [9.17, 15) is 4.79 Å². The third-order valence-electron chi connectivity index (χ3n) is 4.27. The Kier molecular flexibility index (Phi) is 10.1. The van der Waals surface area contributed by atoms with Crippen molar-refractivity contribution in [1.82, 2.24) is 4.98 Å². The monoisotopic (exact) mass is 581 g/mol. The van der Waals surface area contributed by atoms with Gasteiger partial charge in [-0.25, -0.2) is 0 Å². The summed E-state index contributed by atoms with van der Waals surface area (Å²) < 4.78 is 0. The molecule has 0 aliphatic heterocycles. The molecule has 3 aromatic rings. The summed E-state index contributed by atoms with van der Waals surface area (Å²) in [5.74, 6) is 0.564. The molecule has 3 rings (SSSR count). The van der Waals surface area contributed by atoms with Crippen LogP contribution in [-0.4, -0.2) is 15.9 Å². The molecule has 0 fully saturated rings. The number of aryl methyl sites for hydroxylation is 2. The van der Waals surface area contributed by atoms with Crippen molar-refractivity contribution in [3.63, 3.8) is 0 Å². The van der Waals surface area contributed by atoms with E-state index < -0.39 is 0 Å². The van der Waals surface area contributed by atoms with E-state index in [1.54, 1.807) is 0 Å². The molecule has 0 saturated heterocycles. The Hall–Kier alpha value is -2.29. The normalized spacial score (nSPS) is 11.0. The minimum absolute atomic E-state index is 0. The molecule has 0 unspecified atom stereocenters. The van der Waals surface area contributed by atoms with Crippen molar-refractivity contribution >= 4 is 16.7 Å². The number of para-hydroxylation sites is 1. The first-order chi connectivity index (χ1) is 13.7. The first kappa shape index (κ1) is 25.7. The number of rotatable bonds is 4. The molecule has 3 nitrogen and oxygen atoms in total.